The first-order chi connectivity index (χ1) is 0. The first-order valence-electron chi connectivity index (χ1n) is 0. The summed E-state index contributed by atoms with van der Waals surface area (Å²) in [6.07, 6.45) is 0. The minimum atomic E-state index is 0. The molecule has 0 saturated heterocycles. The smallest absolute Gasteiger partial charge is 2.00 e. The van der Waals surface area contributed by atoms with E-state index in [1.54, 1.807) is 0 Å². The van der Waals surface area contributed by atoms with Gasteiger partial charge >= 0.3 is 99.8 Å². The Balaban J connectivity index is 0. The maximum absolute atomic E-state index is 0. The van der Waals surface area contributed by atoms with E-state index in [1.165, 1.54) is 0 Å². The van der Waals surface area contributed by atoms with Gasteiger partial charge in [-0.3, -0.25) is 0 Å². The molecular weight excluding hydrogens is 404 g/mol. The van der Waals surface area contributed by atoms with Gasteiger partial charge in [0.1, 0.15) is 0 Å². The monoisotopic (exact) mass is 401 g/mol. The van der Waals surface area contributed by atoms with Crippen LogP contribution in [0.3, 0.4) is 0 Å². The van der Waals surface area contributed by atoms with E-state index in [0.29, 0.717) is 0 Å². The molecule has 0 rings (SSSR count). The van der Waals surface area contributed by atoms with Crippen LogP contribution in [0.1, 0.15) is 0 Å². The first kappa shape index (κ1) is 116. The third-order valence-corrected chi connectivity index (χ3v) is 0. The van der Waals surface area contributed by atoms with Crippen LogP contribution in [0, 0.1) is 40.8 Å². The zero-order chi connectivity index (χ0) is 0. The molecule has 8 heteroatoms. The summed E-state index contributed by atoms with van der Waals surface area (Å²) in [4.78, 5) is 0. The van der Waals surface area contributed by atoms with Gasteiger partial charge < -0.3 is 27.4 Å². The molecule has 0 heterocycles. The fourth-order valence-electron chi connectivity index (χ4n) is 0. The molecular formula is NdO5YZr. The van der Waals surface area contributed by atoms with Crippen molar-refractivity contribution >= 4 is 0 Å². The standard InChI is InChI=1S/Nd.5O.Y.Zr/q+3;5*-2;+3;+4. The van der Waals surface area contributed by atoms with E-state index >= 15 is 0 Å². The molecule has 0 aliphatic carbocycles. The molecule has 0 atom stereocenters. The van der Waals surface area contributed by atoms with Crippen LogP contribution >= 0.6 is 0 Å². The summed E-state index contributed by atoms with van der Waals surface area (Å²) in [6, 6.07) is 0. The van der Waals surface area contributed by atoms with Gasteiger partial charge in [-0.05, 0) is 0 Å². The minimum absolute atomic E-state index is 0. The van der Waals surface area contributed by atoms with Crippen molar-refractivity contribution in [2.45, 2.75) is 0 Å². The number of rotatable bonds is 0. The molecule has 41 valence electrons. The van der Waals surface area contributed by atoms with Crippen molar-refractivity contribution in [1.29, 1.82) is 0 Å². The Morgan fingerprint density at radius 3 is 0.500 bits per heavy atom. The van der Waals surface area contributed by atoms with Crippen molar-refractivity contribution < 1.29 is 127 Å². The SMILES string of the molecule is [Nd+3].[O-2].[O-2].[O-2].[O-2].[O-2].[Y+3].[Zr+4]. The molecule has 8 heavy (non-hydrogen) atoms. The molecule has 0 aromatic rings. The van der Waals surface area contributed by atoms with Gasteiger partial charge in [0.2, 0.25) is 0 Å². The zero-order valence-corrected chi connectivity index (χ0v) is 12.1. The molecule has 0 aromatic carbocycles. The van der Waals surface area contributed by atoms with Gasteiger partial charge in [-0.1, -0.05) is 0 Å². The second kappa shape index (κ2) is 86.0. The van der Waals surface area contributed by atoms with Gasteiger partial charge in [-0.15, -0.1) is 0 Å². The average Bonchev–Trinajstić information content (AvgIpc) is 0. The van der Waals surface area contributed by atoms with Gasteiger partial charge in [-0.2, -0.15) is 0 Å². The summed E-state index contributed by atoms with van der Waals surface area (Å²) < 4.78 is 0. The van der Waals surface area contributed by atoms with E-state index in [2.05, 4.69) is 0 Å². The van der Waals surface area contributed by atoms with Crippen molar-refractivity contribution in [2.24, 2.45) is 0 Å². The van der Waals surface area contributed by atoms with Crippen molar-refractivity contribution in [3.8, 4) is 0 Å². The van der Waals surface area contributed by atoms with Crippen LogP contribution in [0.4, 0.5) is 0 Å². The second-order valence-electron chi connectivity index (χ2n) is 0. The Kier molecular flexibility index (Phi) is 1250. The molecule has 0 saturated carbocycles. The Morgan fingerprint density at radius 2 is 0.500 bits per heavy atom. The Labute approximate surface area is 124 Å². The Morgan fingerprint density at radius 1 is 0.500 bits per heavy atom. The van der Waals surface area contributed by atoms with Gasteiger partial charge in [0, 0.05) is 0 Å². The summed E-state index contributed by atoms with van der Waals surface area (Å²) in [7, 11) is 0. The third kappa shape index (κ3) is 61.5. The van der Waals surface area contributed by atoms with Gasteiger partial charge in [0.05, 0.1) is 0 Å². The molecule has 0 aromatic heterocycles. The third-order valence-electron chi connectivity index (χ3n) is 0. The van der Waals surface area contributed by atoms with E-state index in [-0.39, 0.29) is 127 Å². The predicted octanol–water partition coefficient (Wildman–Crippen LogP) is -0.599. The number of hydrogen-bond acceptors (Lipinski definition) is 0. The topological polar surface area (TPSA) is 142 Å². The molecule has 0 fully saturated rings. The summed E-state index contributed by atoms with van der Waals surface area (Å²) >= 11 is 0. The van der Waals surface area contributed by atoms with E-state index in [4.69, 9.17) is 0 Å². The predicted molar refractivity (Wildman–Crippen MR) is 3.43 cm³/mol. The molecule has 0 unspecified atom stereocenters. The first-order valence-corrected chi connectivity index (χ1v) is 0. The molecule has 5 nitrogen and oxygen atoms in total. The van der Waals surface area contributed by atoms with Crippen LogP contribution < -0.4 is 0 Å². The van der Waals surface area contributed by atoms with E-state index < -0.39 is 0 Å². The molecule has 0 N–H and O–H groups in total. The fourth-order valence-corrected chi connectivity index (χ4v) is 0. The van der Waals surface area contributed by atoms with E-state index in [1.807, 2.05) is 0 Å². The molecule has 0 amide bonds. The van der Waals surface area contributed by atoms with Crippen LogP contribution in [0.5, 0.6) is 0 Å². The number of hydrogen-bond donors (Lipinski definition) is 0. The Hall–Kier alpha value is 3.14. The second-order valence-corrected chi connectivity index (χ2v) is 0. The van der Waals surface area contributed by atoms with Crippen LogP contribution in [-0.4, -0.2) is 0 Å². The van der Waals surface area contributed by atoms with Crippen LogP contribution in [0.2, 0.25) is 0 Å². The van der Waals surface area contributed by atoms with Gasteiger partial charge in [0.25, 0.3) is 0 Å². The summed E-state index contributed by atoms with van der Waals surface area (Å²) in [6.45, 7) is 0. The van der Waals surface area contributed by atoms with Gasteiger partial charge in [0.15, 0.2) is 0 Å². The largest absolute Gasteiger partial charge is 4.00 e. The normalized spacial score (nSPS) is 0. The van der Waals surface area contributed by atoms with Crippen LogP contribution in [-0.2, 0) is 86.3 Å². The quantitative estimate of drug-likeness (QED) is 0.508. The summed E-state index contributed by atoms with van der Waals surface area (Å²) in [5, 5.41) is 0. The minimum Gasteiger partial charge on any atom is -2.00 e. The fraction of sp³-hybridized carbons (Fsp3) is 0. The summed E-state index contributed by atoms with van der Waals surface area (Å²) in [5.41, 5.74) is 0. The van der Waals surface area contributed by atoms with Crippen molar-refractivity contribution in [3.63, 3.8) is 0 Å². The molecule has 0 bridgehead atoms. The molecule has 0 aliphatic heterocycles. The van der Waals surface area contributed by atoms with Gasteiger partial charge in [-0.25, -0.2) is 0 Å². The Bertz CT molecular complexity index is 12.4. The van der Waals surface area contributed by atoms with E-state index in [9.17, 15) is 0 Å². The average molecular weight is 404 g/mol. The molecule has 0 aliphatic rings. The van der Waals surface area contributed by atoms with Crippen LogP contribution in [0.25, 0.3) is 0 Å². The molecule has 1 radical (unpaired) electrons. The van der Waals surface area contributed by atoms with Crippen molar-refractivity contribution in [2.75, 3.05) is 0 Å². The maximum Gasteiger partial charge on any atom is 4.00 e. The van der Waals surface area contributed by atoms with E-state index in [0.717, 1.165) is 0 Å². The molecule has 0 spiro atoms. The van der Waals surface area contributed by atoms with Crippen molar-refractivity contribution in [3.05, 3.63) is 0 Å². The van der Waals surface area contributed by atoms with Crippen LogP contribution in [0.15, 0.2) is 0 Å². The summed E-state index contributed by atoms with van der Waals surface area (Å²) in [5.74, 6) is 0. The maximum atomic E-state index is 0. The van der Waals surface area contributed by atoms with Crippen molar-refractivity contribution in [1.82, 2.24) is 0 Å². The zero-order valence-electron chi connectivity index (χ0n) is 3.62.